The molecule has 114 valence electrons. The fourth-order valence-corrected chi connectivity index (χ4v) is 2.37. The third-order valence-electron chi connectivity index (χ3n) is 3.53. The number of aromatic nitrogens is 4. The molecule has 3 heterocycles. The van der Waals surface area contributed by atoms with E-state index < -0.39 is 37.3 Å². The highest BCUT2D eigenvalue weighted by molar-refractivity contribution is 5.81. The monoisotopic (exact) mass is 306 g/mol. The first-order valence-electron chi connectivity index (χ1n) is 6.28. The molecule has 0 spiro atoms. The highest BCUT2D eigenvalue weighted by Gasteiger charge is 2.44. The van der Waals surface area contributed by atoms with Crippen LogP contribution in [0, 0.1) is 0 Å². The number of nitrogens with zero attached hydrogens (tertiary/aromatic N) is 4. The zero-order valence-corrected chi connectivity index (χ0v) is 10.8. The Balaban J connectivity index is 2.03. The maximum atomic E-state index is 10.1. The highest BCUT2D eigenvalue weighted by Crippen LogP contribution is 2.30. The smallest absolute Gasteiger partial charge is 0.167 e. The Morgan fingerprint density at radius 2 is 1.90 bits per heavy atom. The van der Waals surface area contributed by atoms with Gasteiger partial charge in [0.1, 0.15) is 36.3 Å². The fraction of sp³-hybridized carbons (Fsp3) is 0.545. The Kier molecular flexibility index (Phi) is 3.47. The summed E-state index contributed by atoms with van der Waals surface area (Å²) in [5.74, 6) is 0.170. The number of ether oxygens (including phenoxy) is 1. The molecule has 3 rings (SSSR count). The third-order valence-corrected chi connectivity index (χ3v) is 3.53. The topological polar surface area (TPSA) is 160 Å². The van der Waals surface area contributed by atoms with Gasteiger partial charge in [0, 0.05) is 0 Å². The van der Waals surface area contributed by atoms with Gasteiger partial charge in [-0.2, -0.15) is 0 Å². The Hall–Kier alpha value is -1.85. The van der Waals surface area contributed by atoms with E-state index in [9.17, 15) is 20.4 Å². The SMILES string of the molecule is [15NH2]c1ncnc2c1n[13cH][15n]2[13C@@H]1O[13C@H]([13CH2]O)[13C@@H](O)[13C@H](O)[13C@H]1O. The molecule has 5 atom stereocenters. The van der Waals surface area contributed by atoms with Crippen molar-refractivity contribution >= 4 is 17.0 Å². The molecule has 0 amide bonds. The number of nitrogen functional groups attached to an aromatic ring is 1. The maximum Gasteiger partial charge on any atom is 0.167 e. The lowest BCUT2D eigenvalue weighted by molar-refractivity contribution is -0.250. The minimum Gasteiger partial charge on any atom is -0.394 e. The molecule has 0 unspecified atom stereocenters. The molecular weight excluding hydrogens is 291 g/mol. The Morgan fingerprint density at radius 1 is 1.14 bits per heavy atom. The Labute approximate surface area is 118 Å². The van der Waals surface area contributed by atoms with Gasteiger partial charge in [-0.15, -0.1) is 0 Å². The summed E-state index contributed by atoms with van der Waals surface area (Å²) >= 11 is 0. The van der Waals surface area contributed by atoms with E-state index in [1.807, 2.05) is 0 Å². The number of anilines is 1. The van der Waals surface area contributed by atoms with Crippen LogP contribution in [-0.2, 0) is 4.74 Å². The molecule has 0 radical (unpaired) electrons. The average Bonchev–Trinajstić information content (AvgIpc) is 2.91. The Bertz CT molecular complexity index is 647. The van der Waals surface area contributed by atoms with Crippen molar-refractivity contribution in [3.8, 4) is 0 Å². The molecule has 0 saturated carbocycles. The van der Waals surface area contributed by atoms with Crippen molar-refractivity contribution in [2.75, 3.05) is 12.3 Å². The molecule has 1 aliphatic heterocycles. The number of imidazole rings is 1. The number of hydrogen-bond acceptors (Lipinski definition) is 9. The number of aliphatic hydroxyl groups is 4. The summed E-state index contributed by atoms with van der Waals surface area (Å²) in [5.41, 5.74) is 6.32. The average molecular weight is 306 g/mol. The second-order valence-electron chi connectivity index (χ2n) is 4.80. The van der Waals surface area contributed by atoms with E-state index in [0.29, 0.717) is 11.2 Å². The highest BCUT2D eigenvalue weighted by atomic mass is 16.8. The van der Waals surface area contributed by atoms with Crippen LogP contribution in [0.25, 0.3) is 11.2 Å². The van der Waals surface area contributed by atoms with Crippen LogP contribution >= 0.6 is 0 Å². The van der Waals surface area contributed by atoms with Gasteiger partial charge in [0.2, 0.25) is 0 Å². The number of rotatable bonds is 2. The van der Waals surface area contributed by atoms with Crippen LogP contribution in [0.2, 0.25) is 0 Å². The quantitative estimate of drug-likeness (QED) is 0.295. The van der Waals surface area contributed by atoms with Crippen molar-refractivity contribution in [1.82, 2.24) is 19.5 Å². The van der Waals surface area contributed by atoms with E-state index in [-0.39, 0.29) is 5.82 Å². The molecule has 0 bridgehead atoms. The summed E-state index contributed by atoms with van der Waals surface area (Å²) in [6, 6.07) is 0. The van der Waals surface area contributed by atoms with Gasteiger partial charge in [0.05, 0.1) is 12.9 Å². The molecule has 10 heteroatoms. The van der Waals surface area contributed by atoms with Crippen LogP contribution in [-0.4, -0.2) is 71.0 Å². The van der Waals surface area contributed by atoms with Gasteiger partial charge in [0.25, 0.3) is 0 Å². The molecule has 1 fully saturated rings. The van der Waals surface area contributed by atoms with Crippen molar-refractivity contribution in [3.05, 3.63) is 12.7 Å². The van der Waals surface area contributed by atoms with Crippen molar-refractivity contribution in [2.24, 2.45) is 0 Å². The van der Waals surface area contributed by atoms with E-state index in [2.05, 4.69) is 15.0 Å². The van der Waals surface area contributed by atoms with Crippen molar-refractivity contribution < 1.29 is 25.2 Å². The predicted octanol–water partition coefficient (Wildman–Crippen LogP) is -2.62. The van der Waals surface area contributed by atoms with Gasteiger partial charge < -0.3 is 30.9 Å². The van der Waals surface area contributed by atoms with Gasteiger partial charge >= 0.3 is 0 Å². The van der Waals surface area contributed by atoms with Gasteiger partial charge in [-0.3, -0.25) is 4.57 Å². The first-order chi connectivity index (χ1) is 10.0. The summed E-state index contributed by atoms with van der Waals surface area (Å²) < 4.78 is 6.81. The summed E-state index contributed by atoms with van der Waals surface area (Å²) in [4.78, 5) is 11.9. The van der Waals surface area contributed by atoms with Gasteiger partial charge in [-0.05, 0) is 0 Å². The molecule has 21 heavy (non-hydrogen) atoms. The summed E-state index contributed by atoms with van der Waals surface area (Å²) in [7, 11) is 0. The van der Waals surface area contributed by atoms with E-state index in [1.165, 1.54) is 17.2 Å². The lowest BCUT2D eigenvalue weighted by Crippen LogP contribution is -2.56. The maximum absolute atomic E-state index is 10.1. The predicted molar refractivity (Wildman–Crippen MR) is 68.8 cm³/mol. The lowest BCUT2D eigenvalue weighted by Gasteiger charge is -2.40. The zero-order valence-electron chi connectivity index (χ0n) is 10.8. The number of fused-ring (bicyclic) bond motifs is 1. The summed E-state index contributed by atoms with van der Waals surface area (Å²) in [6.45, 7) is -0.509. The standard InChI is InChI=1S/C11H15N5O5/c12-9-5-10(14-2-13-9)16(3-15-5)11-8(20)7(19)6(18)4(1-17)21-11/h2-4,6-8,11,17-20H,1H2,(H2,12,13,14)/t4-,6-,7+,8-,11-/m1/s1/i1+1,3+1,4+1,6+1,7+1,8+1,11+1,12+1,16+1. The molecule has 2 aromatic rings. The van der Waals surface area contributed by atoms with Gasteiger partial charge in [-0.1, -0.05) is 0 Å². The van der Waals surface area contributed by atoms with Crippen molar-refractivity contribution in [3.63, 3.8) is 0 Å². The molecule has 2 aromatic heterocycles. The van der Waals surface area contributed by atoms with Crippen LogP contribution < -0.4 is 5.73 Å². The van der Waals surface area contributed by atoms with Crippen molar-refractivity contribution in [1.29, 1.82) is 0 Å². The molecule has 10 nitrogen and oxygen atoms in total. The molecule has 0 aromatic carbocycles. The van der Waals surface area contributed by atoms with Gasteiger partial charge in [-0.25, -0.2) is 15.0 Å². The molecule has 6 N–H and O–H groups in total. The Morgan fingerprint density at radius 3 is 2.62 bits per heavy atom. The molecular formula is C11H15N5O5. The van der Waals surface area contributed by atoms with Crippen molar-refractivity contribution in [2.45, 2.75) is 30.6 Å². The normalized spacial score (nSPS) is 33.4. The minimum atomic E-state index is -1.47. The van der Waals surface area contributed by atoms with Crippen LogP contribution in [0.5, 0.6) is 0 Å². The largest absolute Gasteiger partial charge is 0.394 e. The van der Waals surface area contributed by atoms with Gasteiger partial charge in [0.15, 0.2) is 17.7 Å². The number of aliphatic hydroxyl groups excluding tert-OH is 4. The number of nitrogens with two attached hydrogens (primary N) is 1. The summed E-state index contributed by atoms with van der Waals surface area (Å²) in [6.07, 6.45) is -3.82. The van der Waals surface area contributed by atoms with E-state index >= 15 is 0 Å². The second-order valence-corrected chi connectivity index (χ2v) is 4.80. The first-order valence-corrected chi connectivity index (χ1v) is 6.28. The molecule has 1 saturated heterocycles. The van der Waals surface area contributed by atoms with E-state index in [0.717, 1.165) is 0 Å². The van der Waals surface area contributed by atoms with E-state index in [4.69, 9.17) is 10.5 Å². The first kappa shape index (κ1) is 14.1. The fourth-order valence-electron chi connectivity index (χ4n) is 2.37. The van der Waals surface area contributed by atoms with E-state index in [1.54, 1.807) is 0 Å². The number of hydrogen-bond donors (Lipinski definition) is 5. The third kappa shape index (κ3) is 2.13. The molecule has 1 aliphatic rings. The summed E-state index contributed by atoms with van der Waals surface area (Å²) in [5, 5.41) is 38.8. The molecule has 0 aliphatic carbocycles. The lowest BCUT2D eigenvalue weighted by atomic mass is 10.5. The van der Waals surface area contributed by atoms with Crippen LogP contribution in [0.3, 0.4) is 0 Å². The minimum absolute atomic E-state index is 0.170. The van der Waals surface area contributed by atoms with Crippen LogP contribution in [0.4, 0.5) is 5.82 Å². The second kappa shape index (κ2) is 5.16. The van der Waals surface area contributed by atoms with Crippen LogP contribution in [0.1, 0.15) is 6.23 Å². The zero-order chi connectivity index (χ0) is 15.1. The van der Waals surface area contributed by atoms with Crippen LogP contribution in [0.15, 0.2) is 12.7 Å².